The molecule has 5 N–H and O–H groups in total. The molecule has 0 aliphatic rings. The van der Waals surface area contributed by atoms with Crippen LogP contribution in [-0.2, 0) is 33.6 Å². The van der Waals surface area contributed by atoms with Crippen LogP contribution in [0.15, 0.2) is 0 Å². The highest BCUT2D eigenvalue weighted by atomic mass is 16.4. The van der Waals surface area contributed by atoms with Crippen LogP contribution in [0, 0.1) is 17.8 Å². The maximum atomic E-state index is 13.0. The monoisotopic (exact) mass is 500 g/mol. The summed E-state index contributed by atoms with van der Waals surface area (Å²) in [5.41, 5.74) is 0. The molecule has 198 valence electrons. The van der Waals surface area contributed by atoms with E-state index in [1.165, 1.54) is 13.8 Å². The first-order valence-electron chi connectivity index (χ1n) is 11.4. The number of Topliss-reactive ketones (excluding diaryl/α,β-unsaturated/α-hetero) is 2. The number of nitrogens with one attached hydrogen (secondary N) is 2. The molecule has 0 fully saturated rings. The number of carboxylic acid groups (broad SMARTS) is 2. The Kier molecular flexibility index (Phi) is 14.3. The Balaban J connectivity index is 5.69. The molecule has 0 saturated heterocycles. The fourth-order valence-corrected chi connectivity index (χ4v) is 3.46. The van der Waals surface area contributed by atoms with E-state index in [0.717, 1.165) is 0 Å². The van der Waals surface area contributed by atoms with E-state index in [4.69, 9.17) is 10.2 Å². The fraction of sp³-hybridized carbons (Fsp3) is 0.696. The van der Waals surface area contributed by atoms with Crippen molar-refractivity contribution in [2.75, 3.05) is 0 Å². The molecule has 0 aromatic rings. The molecule has 0 heterocycles. The molecule has 0 spiro atoms. The average molecular weight is 501 g/mol. The van der Waals surface area contributed by atoms with Gasteiger partial charge in [-0.15, -0.1) is 0 Å². The number of aldehydes is 1. The number of carboxylic acids is 2. The van der Waals surface area contributed by atoms with Crippen molar-refractivity contribution in [3.63, 3.8) is 0 Å². The number of rotatable bonds is 18. The summed E-state index contributed by atoms with van der Waals surface area (Å²) >= 11 is 0. The largest absolute Gasteiger partial charge is 0.481 e. The minimum absolute atomic E-state index is 0.0595. The molecule has 0 radical (unpaired) electrons. The summed E-state index contributed by atoms with van der Waals surface area (Å²) in [7, 11) is 0. The first-order valence-corrected chi connectivity index (χ1v) is 11.4. The second-order valence-corrected chi connectivity index (χ2v) is 8.76. The molecule has 0 unspecified atom stereocenters. The second kappa shape index (κ2) is 15.7. The van der Waals surface area contributed by atoms with Gasteiger partial charge in [-0.25, -0.2) is 0 Å². The van der Waals surface area contributed by atoms with Crippen molar-refractivity contribution in [3.05, 3.63) is 0 Å². The Morgan fingerprint density at radius 3 is 1.86 bits per heavy atom. The number of carbonyl (C=O) groups is 7. The van der Waals surface area contributed by atoms with Crippen LogP contribution in [0.1, 0.15) is 66.2 Å². The van der Waals surface area contributed by atoms with E-state index in [-0.39, 0.29) is 30.8 Å². The van der Waals surface area contributed by atoms with Gasteiger partial charge in [0, 0.05) is 25.2 Å². The SMILES string of the molecule is CC[C@H](C)[C@H](CC(C)=O)C(=O)N[C@@H](CCC(=O)O)C(=O)C[C@H](C(=O)N[C@H](C=O)CC(=O)O)[C@H](C)O. The minimum atomic E-state index is -1.38. The summed E-state index contributed by atoms with van der Waals surface area (Å²) in [5.74, 6) is -7.37. The summed E-state index contributed by atoms with van der Waals surface area (Å²) in [6, 6.07) is -2.67. The molecule has 12 heteroatoms. The van der Waals surface area contributed by atoms with Gasteiger partial charge in [-0.2, -0.15) is 0 Å². The molecule has 12 nitrogen and oxygen atoms in total. The van der Waals surface area contributed by atoms with E-state index in [1.807, 2.05) is 6.92 Å². The third-order valence-corrected chi connectivity index (χ3v) is 5.75. The van der Waals surface area contributed by atoms with E-state index < -0.39 is 78.8 Å². The van der Waals surface area contributed by atoms with Crippen LogP contribution in [0.5, 0.6) is 0 Å². The molecule has 0 aliphatic carbocycles. The normalized spacial score (nSPS) is 16.0. The number of hydrogen-bond acceptors (Lipinski definition) is 8. The Labute approximate surface area is 203 Å². The molecular weight excluding hydrogens is 464 g/mol. The topological polar surface area (TPSA) is 204 Å². The van der Waals surface area contributed by atoms with E-state index in [0.29, 0.717) is 6.42 Å². The molecule has 2 amide bonds. The third-order valence-electron chi connectivity index (χ3n) is 5.75. The quantitative estimate of drug-likeness (QED) is 0.160. The van der Waals surface area contributed by atoms with Gasteiger partial charge in [-0.05, 0) is 26.2 Å². The lowest BCUT2D eigenvalue weighted by Crippen LogP contribution is -2.48. The average Bonchev–Trinajstić information content (AvgIpc) is 2.76. The summed E-state index contributed by atoms with van der Waals surface area (Å²) in [6.07, 6.45) is -2.68. The minimum Gasteiger partial charge on any atom is -0.481 e. The lowest BCUT2D eigenvalue weighted by Gasteiger charge is -2.26. The maximum absolute atomic E-state index is 13.0. The van der Waals surface area contributed by atoms with Gasteiger partial charge in [0.05, 0.1) is 30.5 Å². The second-order valence-electron chi connectivity index (χ2n) is 8.76. The molecule has 0 aliphatic heterocycles. The third kappa shape index (κ3) is 12.2. The zero-order valence-electron chi connectivity index (χ0n) is 20.5. The highest BCUT2D eigenvalue weighted by Crippen LogP contribution is 2.21. The zero-order valence-corrected chi connectivity index (χ0v) is 20.5. The Morgan fingerprint density at radius 2 is 1.43 bits per heavy atom. The summed E-state index contributed by atoms with van der Waals surface area (Å²) in [6.45, 7) is 6.16. The molecular formula is C23H36N2O10. The number of ketones is 2. The van der Waals surface area contributed by atoms with Crippen LogP contribution in [0.2, 0.25) is 0 Å². The standard InChI is InChI=1S/C23H36N2O10/c1-5-12(2)16(8-13(3)27)22(34)25-18(6-7-20(30)31)19(29)10-17(14(4)28)23(35)24-15(11-26)9-21(32)33/h11-12,14-18,28H,5-10H2,1-4H3,(H,24,35)(H,25,34)(H,30,31)(H,32,33)/t12-,14-,15-,16-,17-,18-/m0/s1. The number of aliphatic carboxylic acids is 2. The summed E-state index contributed by atoms with van der Waals surface area (Å²) < 4.78 is 0. The van der Waals surface area contributed by atoms with Gasteiger partial charge in [0.25, 0.3) is 0 Å². The first-order chi connectivity index (χ1) is 16.2. The van der Waals surface area contributed by atoms with Crippen LogP contribution in [0.3, 0.4) is 0 Å². The van der Waals surface area contributed by atoms with Crippen LogP contribution >= 0.6 is 0 Å². The number of aliphatic hydroxyl groups is 1. The Morgan fingerprint density at radius 1 is 0.857 bits per heavy atom. The Bertz CT molecular complexity index is 795. The fourth-order valence-electron chi connectivity index (χ4n) is 3.46. The van der Waals surface area contributed by atoms with Gasteiger partial charge in [-0.3, -0.25) is 24.0 Å². The number of amides is 2. The zero-order chi connectivity index (χ0) is 27.3. The van der Waals surface area contributed by atoms with Gasteiger partial charge < -0.3 is 35.5 Å². The summed E-state index contributed by atoms with van der Waals surface area (Å²) in [4.78, 5) is 83.0. The van der Waals surface area contributed by atoms with Gasteiger partial charge in [0.1, 0.15) is 12.1 Å². The van der Waals surface area contributed by atoms with Crippen LogP contribution in [-0.4, -0.2) is 75.1 Å². The van der Waals surface area contributed by atoms with Crippen LogP contribution in [0.4, 0.5) is 0 Å². The smallest absolute Gasteiger partial charge is 0.305 e. The van der Waals surface area contributed by atoms with Crippen molar-refractivity contribution in [1.82, 2.24) is 10.6 Å². The predicted molar refractivity (Wildman–Crippen MR) is 122 cm³/mol. The molecule has 0 rings (SSSR count). The van der Waals surface area contributed by atoms with Gasteiger partial charge in [0.2, 0.25) is 11.8 Å². The van der Waals surface area contributed by atoms with Crippen LogP contribution < -0.4 is 10.6 Å². The molecule has 0 bridgehead atoms. The van der Waals surface area contributed by atoms with Gasteiger partial charge >= 0.3 is 11.9 Å². The van der Waals surface area contributed by atoms with E-state index in [9.17, 15) is 38.7 Å². The predicted octanol–water partition coefficient (Wildman–Crippen LogP) is 0.0920. The number of carbonyl (C=O) groups excluding carboxylic acids is 5. The van der Waals surface area contributed by atoms with Crippen molar-refractivity contribution in [2.24, 2.45) is 17.8 Å². The van der Waals surface area contributed by atoms with Crippen LogP contribution in [0.25, 0.3) is 0 Å². The van der Waals surface area contributed by atoms with Crippen molar-refractivity contribution < 1.29 is 48.9 Å². The van der Waals surface area contributed by atoms with E-state index >= 15 is 0 Å². The first kappa shape index (κ1) is 31.8. The summed E-state index contributed by atoms with van der Waals surface area (Å²) in [5, 5.41) is 32.5. The van der Waals surface area contributed by atoms with Crippen molar-refractivity contribution in [2.45, 2.75) is 84.4 Å². The lowest BCUT2D eigenvalue weighted by molar-refractivity contribution is -0.141. The molecule has 0 aromatic carbocycles. The highest BCUT2D eigenvalue weighted by molar-refractivity contribution is 5.94. The number of aliphatic hydroxyl groups excluding tert-OH is 1. The molecule has 35 heavy (non-hydrogen) atoms. The highest BCUT2D eigenvalue weighted by Gasteiger charge is 2.34. The molecule has 0 saturated carbocycles. The van der Waals surface area contributed by atoms with Crippen molar-refractivity contribution >= 4 is 41.6 Å². The Hall–Kier alpha value is -3.15. The van der Waals surface area contributed by atoms with Gasteiger partial charge in [0.15, 0.2) is 5.78 Å². The lowest BCUT2D eigenvalue weighted by atomic mass is 9.86. The van der Waals surface area contributed by atoms with Gasteiger partial charge in [-0.1, -0.05) is 20.3 Å². The van der Waals surface area contributed by atoms with E-state index in [2.05, 4.69) is 10.6 Å². The molecule has 6 atom stereocenters. The number of hydrogen-bond donors (Lipinski definition) is 5. The van der Waals surface area contributed by atoms with Crippen molar-refractivity contribution in [3.8, 4) is 0 Å². The maximum Gasteiger partial charge on any atom is 0.305 e. The van der Waals surface area contributed by atoms with Crippen molar-refractivity contribution in [1.29, 1.82) is 0 Å². The molecule has 0 aromatic heterocycles. The van der Waals surface area contributed by atoms with E-state index in [1.54, 1.807) is 6.92 Å².